The minimum Gasteiger partial charge on any atom is -0.465 e. The number of hydrogen-bond donors (Lipinski definition) is 1. The van der Waals surface area contributed by atoms with E-state index in [0.29, 0.717) is 40.3 Å². The number of pyridine rings is 1. The van der Waals surface area contributed by atoms with Crippen molar-refractivity contribution in [3.63, 3.8) is 0 Å². The molecular weight excluding hydrogens is 480 g/mol. The van der Waals surface area contributed by atoms with Gasteiger partial charge in [-0.05, 0) is 35.9 Å². The number of benzene rings is 2. The highest BCUT2D eigenvalue weighted by molar-refractivity contribution is 6.36. The number of aromatic nitrogens is 3. The maximum Gasteiger partial charge on any atom is 0.407 e. The smallest absolute Gasteiger partial charge is 0.407 e. The number of piperazine rings is 1. The van der Waals surface area contributed by atoms with Gasteiger partial charge in [0.15, 0.2) is 5.82 Å². The quantitative estimate of drug-likeness (QED) is 0.361. The fraction of sp³-hybridized carbons (Fsp3) is 0.250. The molecule has 0 saturated carbocycles. The van der Waals surface area contributed by atoms with Crippen molar-refractivity contribution in [3.05, 3.63) is 58.7 Å². The van der Waals surface area contributed by atoms with Crippen LogP contribution in [0.3, 0.4) is 0 Å². The standard InChI is InChI=1S/C24H18Cl2FN5O2/c25-17-6-2-4-12-3-1-5-15(18(12)17)20-19(27)21-16(9-28-20)22(30-23(26)29-21)31-10-13-7-8-14(11-31)32(13)24(33)34/h1-6,9,13-14H,7-8,10-11H2,(H,33,34)/t13-,14+. The molecule has 1 N–H and O–H groups in total. The molecular formula is C24H18Cl2FN5O2. The van der Waals surface area contributed by atoms with Crippen LogP contribution in [0.25, 0.3) is 32.9 Å². The summed E-state index contributed by atoms with van der Waals surface area (Å²) in [6.07, 6.45) is 2.20. The summed E-state index contributed by atoms with van der Waals surface area (Å²) in [5, 5.41) is 12.0. The third-order valence-corrected chi connectivity index (χ3v) is 7.23. The van der Waals surface area contributed by atoms with E-state index >= 15 is 4.39 Å². The highest BCUT2D eigenvalue weighted by Crippen LogP contribution is 2.38. The molecule has 4 aromatic rings. The van der Waals surface area contributed by atoms with Crippen molar-refractivity contribution in [2.45, 2.75) is 24.9 Å². The lowest BCUT2D eigenvalue weighted by Crippen LogP contribution is -2.55. The van der Waals surface area contributed by atoms with Gasteiger partial charge < -0.3 is 10.0 Å². The zero-order valence-corrected chi connectivity index (χ0v) is 19.3. The molecule has 0 unspecified atom stereocenters. The van der Waals surface area contributed by atoms with Gasteiger partial charge >= 0.3 is 6.09 Å². The van der Waals surface area contributed by atoms with Gasteiger partial charge in [0.1, 0.15) is 17.0 Å². The largest absolute Gasteiger partial charge is 0.465 e. The van der Waals surface area contributed by atoms with Crippen LogP contribution in [0.5, 0.6) is 0 Å². The number of nitrogens with zero attached hydrogens (tertiary/aromatic N) is 5. The van der Waals surface area contributed by atoms with Gasteiger partial charge in [-0.1, -0.05) is 41.9 Å². The van der Waals surface area contributed by atoms with Crippen molar-refractivity contribution in [3.8, 4) is 11.3 Å². The van der Waals surface area contributed by atoms with E-state index in [4.69, 9.17) is 23.2 Å². The highest BCUT2D eigenvalue weighted by atomic mass is 35.5. The first-order valence-electron chi connectivity index (χ1n) is 10.9. The molecule has 6 rings (SSSR count). The summed E-state index contributed by atoms with van der Waals surface area (Å²) in [6, 6.07) is 10.7. The Morgan fingerprint density at radius 2 is 1.76 bits per heavy atom. The Morgan fingerprint density at radius 3 is 2.47 bits per heavy atom. The second-order valence-electron chi connectivity index (χ2n) is 8.62. The Kier molecular flexibility index (Phi) is 4.97. The van der Waals surface area contributed by atoms with Crippen LogP contribution in [0.4, 0.5) is 15.0 Å². The zero-order valence-electron chi connectivity index (χ0n) is 17.8. The van der Waals surface area contributed by atoms with Crippen molar-refractivity contribution in [1.29, 1.82) is 0 Å². The van der Waals surface area contributed by atoms with Crippen LogP contribution in [0.1, 0.15) is 12.8 Å². The molecule has 1 amide bonds. The molecule has 4 heterocycles. The SMILES string of the molecule is O=C(O)N1[C@@H]2CC[C@H]1CN(c1nc(Cl)nc3c(F)c(-c4cccc5cccc(Cl)c45)ncc13)C2. The van der Waals surface area contributed by atoms with Gasteiger partial charge in [-0.2, -0.15) is 4.98 Å². The van der Waals surface area contributed by atoms with Crippen LogP contribution in [0.15, 0.2) is 42.6 Å². The van der Waals surface area contributed by atoms with E-state index in [2.05, 4.69) is 15.0 Å². The summed E-state index contributed by atoms with van der Waals surface area (Å²) in [5.41, 5.74) is 0.756. The maximum absolute atomic E-state index is 15.9. The number of amides is 1. The van der Waals surface area contributed by atoms with Crippen molar-refractivity contribution in [2.75, 3.05) is 18.0 Å². The number of carboxylic acid groups (broad SMARTS) is 1. The van der Waals surface area contributed by atoms with E-state index in [-0.39, 0.29) is 28.6 Å². The monoisotopic (exact) mass is 497 g/mol. The Balaban J connectivity index is 1.49. The Morgan fingerprint density at radius 1 is 1.06 bits per heavy atom. The fourth-order valence-corrected chi connectivity index (χ4v) is 5.77. The number of carbonyl (C=O) groups is 1. The Hall–Kier alpha value is -3.23. The molecule has 34 heavy (non-hydrogen) atoms. The summed E-state index contributed by atoms with van der Waals surface area (Å²) in [4.78, 5) is 28.2. The van der Waals surface area contributed by atoms with Crippen LogP contribution >= 0.6 is 23.2 Å². The summed E-state index contributed by atoms with van der Waals surface area (Å²) in [5.74, 6) is -0.145. The summed E-state index contributed by atoms with van der Waals surface area (Å²) >= 11 is 12.7. The lowest BCUT2D eigenvalue weighted by atomic mass is 10.0. The molecule has 2 fully saturated rings. The molecule has 7 nitrogen and oxygen atoms in total. The second-order valence-corrected chi connectivity index (χ2v) is 9.37. The third-order valence-electron chi connectivity index (χ3n) is 6.75. The van der Waals surface area contributed by atoms with Crippen LogP contribution in [-0.2, 0) is 0 Å². The predicted octanol–water partition coefficient (Wildman–Crippen LogP) is 5.62. The molecule has 2 saturated heterocycles. The highest BCUT2D eigenvalue weighted by Gasteiger charge is 2.43. The van der Waals surface area contributed by atoms with Gasteiger partial charge in [0.05, 0.1) is 17.5 Å². The predicted molar refractivity (Wildman–Crippen MR) is 129 cm³/mol. The van der Waals surface area contributed by atoms with Gasteiger partial charge in [0.25, 0.3) is 0 Å². The van der Waals surface area contributed by atoms with Gasteiger partial charge in [0.2, 0.25) is 5.28 Å². The maximum atomic E-state index is 15.9. The third kappa shape index (κ3) is 3.24. The summed E-state index contributed by atoms with van der Waals surface area (Å²) < 4.78 is 15.9. The number of rotatable bonds is 2. The van der Waals surface area contributed by atoms with Crippen LogP contribution in [0, 0.1) is 5.82 Å². The van der Waals surface area contributed by atoms with E-state index < -0.39 is 11.9 Å². The topological polar surface area (TPSA) is 82.5 Å². The molecule has 2 bridgehead atoms. The average molecular weight is 498 g/mol. The lowest BCUT2D eigenvalue weighted by molar-refractivity contribution is 0.114. The molecule has 2 aliphatic rings. The zero-order chi connectivity index (χ0) is 23.6. The molecule has 10 heteroatoms. The molecule has 172 valence electrons. The summed E-state index contributed by atoms with van der Waals surface area (Å²) in [7, 11) is 0. The lowest BCUT2D eigenvalue weighted by Gasteiger charge is -2.40. The van der Waals surface area contributed by atoms with Crippen molar-refractivity contribution in [1.82, 2.24) is 19.9 Å². The molecule has 0 aliphatic carbocycles. The van der Waals surface area contributed by atoms with E-state index in [1.54, 1.807) is 18.3 Å². The van der Waals surface area contributed by atoms with E-state index in [1.807, 2.05) is 29.2 Å². The minimum atomic E-state index is -0.913. The Bertz CT molecular complexity index is 1460. The van der Waals surface area contributed by atoms with E-state index in [9.17, 15) is 9.90 Å². The van der Waals surface area contributed by atoms with Crippen LogP contribution in [0.2, 0.25) is 10.3 Å². The van der Waals surface area contributed by atoms with Gasteiger partial charge in [-0.3, -0.25) is 9.88 Å². The first kappa shape index (κ1) is 21.3. The van der Waals surface area contributed by atoms with Crippen molar-refractivity contribution < 1.29 is 14.3 Å². The first-order valence-corrected chi connectivity index (χ1v) is 11.6. The summed E-state index contributed by atoms with van der Waals surface area (Å²) in [6.45, 7) is 0.904. The van der Waals surface area contributed by atoms with E-state index in [0.717, 1.165) is 18.2 Å². The average Bonchev–Trinajstić information content (AvgIpc) is 3.09. The second kappa shape index (κ2) is 7.92. The van der Waals surface area contributed by atoms with Crippen molar-refractivity contribution in [2.24, 2.45) is 0 Å². The normalized spacial score (nSPS) is 19.9. The number of hydrogen-bond acceptors (Lipinski definition) is 5. The van der Waals surface area contributed by atoms with Gasteiger partial charge in [0, 0.05) is 35.3 Å². The minimum absolute atomic E-state index is 0.0667. The fourth-order valence-electron chi connectivity index (χ4n) is 5.32. The molecule has 0 spiro atoms. The first-order chi connectivity index (χ1) is 16.4. The van der Waals surface area contributed by atoms with E-state index in [1.165, 1.54) is 4.90 Å². The molecule has 2 aromatic carbocycles. The molecule has 0 radical (unpaired) electrons. The Labute approximate surface area is 203 Å². The van der Waals surface area contributed by atoms with Gasteiger partial charge in [-0.15, -0.1) is 0 Å². The van der Waals surface area contributed by atoms with Crippen LogP contribution < -0.4 is 4.90 Å². The molecule has 2 aromatic heterocycles. The van der Waals surface area contributed by atoms with Crippen molar-refractivity contribution >= 4 is 56.8 Å². The molecule has 2 atom stereocenters. The van der Waals surface area contributed by atoms with Gasteiger partial charge in [-0.25, -0.2) is 14.2 Å². The van der Waals surface area contributed by atoms with Crippen LogP contribution in [-0.4, -0.2) is 56.2 Å². The number of halogens is 3. The number of anilines is 1. The number of fused-ring (bicyclic) bond motifs is 4. The molecule has 2 aliphatic heterocycles.